The lowest BCUT2D eigenvalue weighted by Gasteiger charge is -2.07. The molecule has 1 N–H and O–H groups in total. The van der Waals surface area contributed by atoms with Gasteiger partial charge in [-0.15, -0.1) is 5.10 Å². The van der Waals surface area contributed by atoms with E-state index in [-0.39, 0.29) is 11.4 Å². The van der Waals surface area contributed by atoms with Crippen LogP contribution in [0.1, 0.15) is 37.0 Å². The van der Waals surface area contributed by atoms with Gasteiger partial charge in [0, 0.05) is 0 Å². The first-order valence-corrected chi connectivity index (χ1v) is 5.29. The van der Waals surface area contributed by atoms with Gasteiger partial charge in [-0.2, -0.15) is 5.10 Å². The Kier molecular flexibility index (Phi) is 4.69. The van der Waals surface area contributed by atoms with Crippen LogP contribution in [0.4, 0.5) is 0 Å². The van der Waals surface area contributed by atoms with Gasteiger partial charge in [0.05, 0.1) is 12.8 Å². The van der Waals surface area contributed by atoms with Crippen molar-refractivity contribution in [2.45, 2.75) is 26.7 Å². The summed E-state index contributed by atoms with van der Waals surface area (Å²) in [5.41, 5.74) is 0.0551. The number of aromatic nitrogens is 2. The molecule has 5 nitrogen and oxygen atoms in total. The van der Waals surface area contributed by atoms with Crippen molar-refractivity contribution in [2.75, 3.05) is 6.61 Å². The molecule has 1 aromatic rings. The van der Waals surface area contributed by atoms with E-state index in [1.165, 1.54) is 12.3 Å². The Morgan fingerprint density at radius 2 is 2.31 bits per heavy atom. The van der Waals surface area contributed by atoms with Crippen LogP contribution < -0.4 is 4.74 Å². The highest BCUT2D eigenvalue weighted by Crippen LogP contribution is 2.13. The van der Waals surface area contributed by atoms with Crippen LogP contribution in [0.3, 0.4) is 0 Å². The zero-order valence-electron chi connectivity index (χ0n) is 9.51. The minimum Gasteiger partial charge on any atom is -0.477 e. The first kappa shape index (κ1) is 12.4. The smallest absolute Gasteiger partial charge is 0.341 e. The van der Waals surface area contributed by atoms with Gasteiger partial charge in [0.1, 0.15) is 5.56 Å². The highest BCUT2D eigenvalue weighted by molar-refractivity contribution is 5.89. The lowest BCUT2D eigenvalue weighted by Crippen LogP contribution is -2.07. The van der Waals surface area contributed by atoms with Gasteiger partial charge in [-0.1, -0.05) is 13.8 Å². The van der Waals surface area contributed by atoms with E-state index in [0.29, 0.717) is 12.5 Å². The van der Waals surface area contributed by atoms with Gasteiger partial charge in [0.25, 0.3) is 0 Å². The quantitative estimate of drug-likeness (QED) is 0.748. The fourth-order valence-electron chi connectivity index (χ4n) is 1.25. The maximum atomic E-state index is 10.8. The van der Waals surface area contributed by atoms with Gasteiger partial charge in [-0.25, -0.2) is 4.79 Å². The largest absolute Gasteiger partial charge is 0.477 e. The van der Waals surface area contributed by atoms with E-state index in [4.69, 9.17) is 9.84 Å². The SMILES string of the molecule is CC(C)CCCOc1nnccc1C(=O)O. The second-order valence-corrected chi connectivity index (χ2v) is 3.94. The monoisotopic (exact) mass is 224 g/mol. The number of hydrogen-bond donors (Lipinski definition) is 1. The van der Waals surface area contributed by atoms with Crippen LogP contribution in [-0.2, 0) is 0 Å². The molecule has 1 aromatic heterocycles. The van der Waals surface area contributed by atoms with E-state index in [0.717, 1.165) is 12.8 Å². The predicted molar refractivity (Wildman–Crippen MR) is 58.6 cm³/mol. The Hall–Kier alpha value is -1.65. The summed E-state index contributed by atoms with van der Waals surface area (Å²) in [7, 11) is 0. The maximum absolute atomic E-state index is 10.8. The van der Waals surface area contributed by atoms with Crippen molar-refractivity contribution in [1.29, 1.82) is 0 Å². The molecular formula is C11H16N2O3. The summed E-state index contributed by atoms with van der Waals surface area (Å²) in [5, 5.41) is 16.1. The summed E-state index contributed by atoms with van der Waals surface area (Å²) in [4.78, 5) is 10.8. The molecule has 0 amide bonds. The average Bonchev–Trinajstić information content (AvgIpc) is 2.24. The average molecular weight is 224 g/mol. The minimum absolute atomic E-state index is 0.0551. The van der Waals surface area contributed by atoms with Crippen molar-refractivity contribution >= 4 is 5.97 Å². The number of nitrogens with zero attached hydrogens (tertiary/aromatic N) is 2. The molecule has 0 fully saturated rings. The lowest BCUT2D eigenvalue weighted by molar-refractivity contribution is 0.0690. The normalized spacial score (nSPS) is 10.4. The number of hydrogen-bond acceptors (Lipinski definition) is 4. The Balaban J connectivity index is 2.50. The van der Waals surface area contributed by atoms with Crippen LogP contribution in [0.2, 0.25) is 0 Å². The summed E-state index contributed by atoms with van der Waals surface area (Å²) in [6.45, 7) is 4.73. The van der Waals surface area contributed by atoms with Gasteiger partial charge in [0.15, 0.2) is 0 Å². The van der Waals surface area contributed by atoms with Crippen molar-refractivity contribution < 1.29 is 14.6 Å². The number of ether oxygens (including phenoxy) is 1. The van der Waals surface area contributed by atoms with Gasteiger partial charge in [0.2, 0.25) is 5.88 Å². The van der Waals surface area contributed by atoms with Gasteiger partial charge in [-0.05, 0) is 24.8 Å². The standard InChI is InChI=1S/C11H16N2O3/c1-8(2)4-3-7-16-10-9(11(14)15)5-6-12-13-10/h5-6,8H,3-4,7H2,1-2H3,(H,14,15). The second-order valence-electron chi connectivity index (χ2n) is 3.94. The Labute approximate surface area is 94.5 Å². The molecule has 88 valence electrons. The Bertz CT molecular complexity index is 353. The third-order valence-corrected chi connectivity index (χ3v) is 2.08. The molecule has 0 saturated heterocycles. The third-order valence-electron chi connectivity index (χ3n) is 2.08. The van der Waals surface area contributed by atoms with Crippen molar-refractivity contribution in [2.24, 2.45) is 5.92 Å². The second kappa shape index (κ2) is 6.05. The molecule has 0 saturated carbocycles. The maximum Gasteiger partial charge on any atom is 0.341 e. The minimum atomic E-state index is -1.05. The summed E-state index contributed by atoms with van der Waals surface area (Å²) in [5.74, 6) is -0.336. The summed E-state index contributed by atoms with van der Waals surface area (Å²) in [6.07, 6.45) is 3.26. The van der Waals surface area contributed by atoms with Crippen molar-refractivity contribution in [3.05, 3.63) is 17.8 Å². The Morgan fingerprint density at radius 3 is 2.94 bits per heavy atom. The molecule has 0 atom stereocenters. The van der Waals surface area contributed by atoms with Gasteiger partial charge in [-0.3, -0.25) is 0 Å². The molecule has 0 aliphatic rings. The van der Waals surface area contributed by atoms with E-state index >= 15 is 0 Å². The van der Waals surface area contributed by atoms with Crippen LogP contribution >= 0.6 is 0 Å². The van der Waals surface area contributed by atoms with Crippen molar-refractivity contribution in [3.8, 4) is 5.88 Å². The number of carbonyl (C=O) groups is 1. The zero-order chi connectivity index (χ0) is 12.0. The van der Waals surface area contributed by atoms with Crippen LogP contribution in [0.25, 0.3) is 0 Å². The van der Waals surface area contributed by atoms with Crippen LogP contribution in [-0.4, -0.2) is 27.9 Å². The molecule has 0 spiro atoms. The van der Waals surface area contributed by atoms with E-state index < -0.39 is 5.97 Å². The third kappa shape index (κ3) is 3.84. The molecule has 0 aromatic carbocycles. The van der Waals surface area contributed by atoms with E-state index in [1.807, 2.05) is 0 Å². The van der Waals surface area contributed by atoms with Crippen molar-refractivity contribution in [1.82, 2.24) is 10.2 Å². The lowest BCUT2D eigenvalue weighted by atomic mass is 10.1. The molecule has 0 bridgehead atoms. The van der Waals surface area contributed by atoms with E-state index in [2.05, 4.69) is 24.0 Å². The highest BCUT2D eigenvalue weighted by Gasteiger charge is 2.12. The number of rotatable bonds is 6. The molecule has 16 heavy (non-hydrogen) atoms. The number of aromatic carboxylic acids is 1. The predicted octanol–water partition coefficient (Wildman–Crippen LogP) is 1.99. The number of carboxylic acid groups (broad SMARTS) is 1. The summed E-state index contributed by atoms with van der Waals surface area (Å²) >= 11 is 0. The fraction of sp³-hybridized carbons (Fsp3) is 0.545. The first-order valence-electron chi connectivity index (χ1n) is 5.29. The van der Waals surface area contributed by atoms with E-state index in [9.17, 15) is 4.79 Å². The van der Waals surface area contributed by atoms with Crippen LogP contribution in [0.5, 0.6) is 5.88 Å². The Morgan fingerprint density at radius 1 is 1.56 bits per heavy atom. The first-order chi connectivity index (χ1) is 7.61. The van der Waals surface area contributed by atoms with Crippen LogP contribution in [0.15, 0.2) is 12.3 Å². The molecule has 0 radical (unpaired) electrons. The van der Waals surface area contributed by atoms with Gasteiger partial charge >= 0.3 is 5.97 Å². The number of carboxylic acids is 1. The zero-order valence-corrected chi connectivity index (χ0v) is 9.51. The highest BCUT2D eigenvalue weighted by atomic mass is 16.5. The van der Waals surface area contributed by atoms with Crippen LogP contribution in [0, 0.1) is 5.92 Å². The topological polar surface area (TPSA) is 72.3 Å². The van der Waals surface area contributed by atoms with Crippen molar-refractivity contribution in [3.63, 3.8) is 0 Å². The molecule has 0 unspecified atom stereocenters. The summed E-state index contributed by atoms with van der Waals surface area (Å²) < 4.78 is 5.29. The fourth-order valence-corrected chi connectivity index (χ4v) is 1.25. The molecule has 0 aliphatic carbocycles. The van der Waals surface area contributed by atoms with E-state index in [1.54, 1.807) is 0 Å². The molecule has 5 heteroatoms. The molecule has 1 rings (SSSR count). The molecule has 0 aliphatic heterocycles. The van der Waals surface area contributed by atoms with Gasteiger partial charge < -0.3 is 9.84 Å². The summed E-state index contributed by atoms with van der Waals surface area (Å²) in [6, 6.07) is 1.38. The molecular weight excluding hydrogens is 208 g/mol. The molecule has 1 heterocycles.